The van der Waals surface area contributed by atoms with E-state index in [0.29, 0.717) is 0 Å². The second-order valence-electron chi connectivity index (χ2n) is 3.96. The molecule has 0 aromatic heterocycles. The summed E-state index contributed by atoms with van der Waals surface area (Å²) in [6.45, 7) is 3.11. The van der Waals surface area contributed by atoms with Crippen LogP contribution >= 0.6 is 0 Å². The van der Waals surface area contributed by atoms with Gasteiger partial charge in [0.2, 0.25) is 0 Å². The van der Waals surface area contributed by atoms with Gasteiger partial charge in [0.25, 0.3) is 5.91 Å². The summed E-state index contributed by atoms with van der Waals surface area (Å²) in [6, 6.07) is 0. The second-order valence-corrected chi connectivity index (χ2v) is 3.96. The summed E-state index contributed by atoms with van der Waals surface area (Å²) in [4.78, 5) is 10.6. The molecule has 2 N–H and O–H groups in total. The first-order valence-corrected chi connectivity index (χ1v) is 4.84. The summed E-state index contributed by atoms with van der Waals surface area (Å²) in [5.74, 6) is -1.18. The van der Waals surface area contributed by atoms with Crippen LogP contribution in [-0.4, -0.2) is 31.0 Å². The van der Waals surface area contributed by atoms with Crippen LogP contribution in [0.15, 0.2) is 0 Å². The zero-order valence-corrected chi connectivity index (χ0v) is 8.28. The molecule has 0 radical (unpaired) electrons. The minimum absolute atomic E-state index is 0.219. The molecule has 0 saturated carbocycles. The lowest BCUT2D eigenvalue weighted by Gasteiger charge is -2.35. The fourth-order valence-corrected chi connectivity index (χ4v) is 1.63. The Labute approximate surface area is 82.2 Å². The zero-order valence-electron chi connectivity index (χ0n) is 8.28. The molecule has 1 heterocycles. The largest absolute Gasteiger partial charge is 0.349 e. The highest BCUT2D eigenvalue weighted by Gasteiger charge is 2.27. The van der Waals surface area contributed by atoms with E-state index in [9.17, 15) is 13.6 Å². The number of rotatable bonds is 3. The van der Waals surface area contributed by atoms with Gasteiger partial charge in [0.05, 0.1) is 0 Å². The molecule has 1 rings (SSSR count). The van der Waals surface area contributed by atoms with Crippen LogP contribution in [0.1, 0.15) is 26.2 Å². The Kier molecular flexibility index (Phi) is 3.80. The molecule has 3 nitrogen and oxygen atoms in total. The fourth-order valence-electron chi connectivity index (χ4n) is 1.63. The Balaban J connectivity index is 2.32. The minimum Gasteiger partial charge on any atom is -0.349 e. The van der Waals surface area contributed by atoms with Gasteiger partial charge in [0.1, 0.15) is 0 Å². The van der Waals surface area contributed by atoms with Gasteiger partial charge in [-0.25, -0.2) is 0 Å². The number of piperidine rings is 1. The number of hydrogen-bond donors (Lipinski definition) is 2. The van der Waals surface area contributed by atoms with E-state index in [1.165, 1.54) is 0 Å². The van der Waals surface area contributed by atoms with Crippen molar-refractivity contribution < 1.29 is 13.6 Å². The van der Waals surface area contributed by atoms with E-state index in [0.717, 1.165) is 25.8 Å². The van der Waals surface area contributed by atoms with Crippen LogP contribution in [0.25, 0.3) is 0 Å². The third-order valence-electron chi connectivity index (χ3n) is 2.56. The van der Waals surface area contributed by atoms with Crippen molar-refractivity contribution in [1.29, 1.82) is 0 Å². The third kappa shape index (κ3) is 3.21. The molecule has 0 aliphatic carbocycles. The maximum atomic E-state index is 11.9. The highest BCUT2D eigenvalue weighted by atomic mass is 19.3. The van der Waals surface area contributed by atoms with E-state index in [1.54, 1.807) is 0 Å². The highest BCUT2D eigenvalue weighted by molar-refractivity contribution is 5.79. The molecule has 0 aromatic rings. The van der Waals surface area contributed by atoms with Crippen molar-refractivity contribution in [2.75, 3.05) is 13.1 Å². The van der Waals surface area contributed by atoms with Gasteiger partial charge in [-0.2, -0.15) is 8.78 Å². The molecule has 1 fully saturated rings. The Hall–Kier alpha value is -0.710. The van der Waals surface area contributed by atoms with E-state index >= 15 is 0 Å². The molecule has 5 heteroatoms. The lowest BCUT2D eigenvalue weighted by atomic mass is 9.91. The highest BCUT2D eigenvalue weighted by Crippen LogP contribution is 2.17. The van der Waals surface area contributed by atoms with Gasteiger partial charge in [0.15, 0.2) is 0 Å². The van der Waals surface area contributed by atoms with Crippen molar-refractivity contribution in [1.82, 2.24) is 10.6 Å². The van der Waals surface area contributed by atoms with Crippen LogP contribution in [0, 0.1) is 0 Å². The van der Waals surface area contributed by atoms with Crippen molar-refractivity contribution in [2.24, 2.45) is 0 Å². The van der Waals surface area contributed by atoms with Gasteiger partial charge in [-0.3, -0.25) is 4.79 Å². The van der Waals surface area contributed by atoms with Crippen molar-refractivity contribution in [3.63, 3.8) is 0 Å². The van der Waals surface area contributed by atoms with Crippen molar-refractivity contribution in [2.45, 2.75) is 38.2 Å². The molecule has 82 valence electrons. The number of amides is 1. The fraction of sp³-hybridized carbons (Fsp3) is 0.889. The maximum Gasteiger partial charge on any atom is 0.315 e. The number of carbonyl (C=O) groups is 1. The third-order valence-corrected chi connectivity index (χ3v) is 2.56. The Morgan fingerprint density at radius 1 is 1.57 bits per heavy atom. The normalized spacial score (nSPS) is 27.7. The quantitative estimate of drug-likeness (QED) is 0.720. The molecule has 0 aromatic carbocycles. The second kappa shape index (κ2) is 4.68. The smallest absolute Gasteiger partial charge is 0.315 e. The molecule has 1 amide bonds. The van der Waals surface area contributed by atoms with Gasteiger partial charge in [-0.05, 0) is 26.3 Å². The number of alkyl halides is 2. The van der Waals surface area contributed by atoms with Crippen LogP contribution in [-0.2, 0) is 4.79 Å². The Morgan fingerprint density at radius 3 is 2.79 bits per heavy atom. The number of carbonyl (C=O) groups excluding carboxylic acids is 1. The Bertz CT molecular complexity index is 203. The van der Waals surface area contributed by atoms with Gasteiger partial charge >= 0.3 is 6.43 Å². The van der Waals surface area contributed by atoms with Crippen LogP contribution in [0.5, 0.6) is 0 Å². The molecule has 0 spiro atoms. The molecule has 14 heavy (non-hydrogen) atoms. The van der Waals surface area contributed by atoms with Gasteiger partial charge in [0, 0.05) is 12.1 Å². The van der Waals surface area contributed by atoms with Gasteiger partial charge < -0.3 is 10.6 Å². The first kappa shape index (κ1) is 11.4. The molecule has 1 saturated heterocycles. The lowest BCUT2D eigenvalue weighted by Crippen LogP contribution is -2.54. The zero-order chi connectivity index (χ0) is 10.6. The Morgan fingerprint density at radius 2 is 2.29 bits per heavy atom. The van der Waals surface area contributed by atoms with Crippen molar-refractivity contribution in [3.8, 4) is 0 Å². The minimum atomic E-state index is -2.91. The molecule has 1 aliphatic rings. The average Bonchev–Trinajstić information content (AvgIpc) is 2.15. The van der Waals surface area contributed by atoms with E-state index in [-0.39, 0.29) is 12.1 Å². The van der Waals surface area contributed by atoms with Crippen molar-refractivity contribution in [3.05, 3.63) is 0 Å². The maximum absolute atomic E-state index is 11.9. The predicted octanol–water partition coefficient (Wildman–Crippen LogP) is 0.900. The summed E-state index contributed by atoms with van der Waals surface area (Å²) in [5, 5.41) is 5.47. The topological polar surface area (TPSA) is 41.1 Å². The van der Waals surface area contributed by atoms with E-state index in [1.807, 2.05) is 6.92 Å². The van der Waals surface area contributed by atoms with Crippen LogP contribution < -0.4 is 10.6 Å². The SMILES string of the molecule is CC1(CNC(=O)C(F)F)CCCCN1. The first-order valence-electron chi connectivity index (χ1n) is 4.84. The number of nitrogens with one attached hydrogen (secondary N) is 2. The standard InChI is InChI=1S/C9H16F2N2O/c1-9(4-2-3-5-13-9)6-12-8(14)7(10)11/h7,13H,2-6H2,1H3,(H,12,14). The summed E-state index contributed by atoms with van der Waals surface area (Å²) in [6.07, 6.45) is 0.186. The summed E-state index contributed by atoms with van der Waals surface area (Å²) >= 11 is 0. The predicted molar refractivity (Wildman–Crippen MR) is 49.3 cm³/mol. The number of halogens is 2. The lowest BCUT2D eigenvalue weighted by molar-refractivity contribution is -0.132. The van der Waals surface area contributed by atoms with E-state index in [4.69, 9.17) is 0 Å². The number of hydrogen-bond acceptors (Lipinski definition) is 2. The summed E-state index contributed by atoms with van der Waals surface area (Å²) in [7, 11) is 0. The average molecular weight is 206 g/mol. The summed E-state index contributed by atoms with van der Waals surface area (Å²) in [5.41, 5.74) is -0.219. The van der Waals surface area contributed by atoms with Crippen molar-refractivity contribution >= 4 is 5.91 Å². The first-order chi connectivity index (χ1) is 6.53. The molecule has 1 unspecified atom stereocenters. The molecular formula is C9H16F2N2O. The molecule has 1 aliphatic heterocycles. The van der Waals surface area contributed by atoms with E-state index < -0.39 is 12.3 Å². The van der Waals surface area contributed by atoms with E-state index in [2.05, 4.69) is 10.6 Å². The van der Waals surface area contributed by atoms with Crippen LogP contribution in [0.3, 0.4) is 0 Å². The van der Waals surface area contributed by atoms with Crippen LogP contribution in [0.2, 0.25) is 0 Å². The van der Waals surface area contributed by atoms with Gasteiger partial charge in [-0.1, -0.05) is 6.42 Å². The van der Waals surface area contributed by atoms with Crippen LogP contribution in [0.4, 0.5) is 8.78 Å². The molecule has 1 atom stereocenters. The summed E-state index contributed by atoms with van der Waals surface area (Å²) < 4.78 is 23.7. The molecule has 0 bridgehead atoms. The monoisotopic (exact) mass is 206 g/mol. The van der Waals surface area contributed by atoms with Gasteiger partial charge in [-0.15, -0.1) is 0 Å². The molecular weight excluding hydrogens is 190 g/mol.